The van der Waals surface area contributed by atoms with E-state index in [1.54, 1.807) is 30.8 Å². The van der Waals surface area contributed by atoms with E-state index in [9.17, 15) is 4.79 Å². The third-order valence-electron chi connectivity index (χ3n) is 4.81. The van der Waals surface area contributed by atoms with Gasteiger partial charge < -0.3 is 20.5 Å². The Morgan fingerprint density at radius 3 is 2.92 bits per heavy atom. The predicted molar refractivity (Wildman–Crippen MR) is 102 cm³/mol. The first-order valence-corrected chi connectivity index (χ1v) is 9.84. The molecule has 1 saturated carbocycles. The molecule has 1 amide bonds. The Labute approximate surface area is 157 Å². The van der Waals surface area contributed by atoms with E-state index in [-0.39, 0.29) is 11.9 Å². The number of amides is 1. The second-order valence-electron chi connectivity index (χ2n) is 6.49. The molecule has 1 aromatic carbocycles. The van der Waals surface area contributed by atoms with Crippen LogP contribution in [0.15, 0.2) is 29.1 Å². The van der Waals surface area contributed by atoms with Crippen molar-refractivity contribution >= 4 is 17.2 Å². The maximum absolute atomic E-state index is 12.6. The van der Waals surface area contributed by atoms with Crippen molar-refractivity contribution in [2.24, 2.45) is 11.7 Å². The molecule has 0 radical (unpaired) electrons. The normalized spacial score (nSPS) is 19.8. The second-order valence-corrected chi connectivity index (χ2v) is 7.21. The Bertz CT molecular complexity index is 721. The number of benzene rings is 1. The van der Waals surface area contributed by atoms with E-state index in [4.69, 9.17) is 15.2 Å². The Balaban J connectivity index is 1.66. The molecule has 3 rings (SSSR count). The van der Waals surface area contributed by atoms with Crippen LogP contribution in [-0.2, 0) is 6.61 Å². The molecule has 26 heavy (non-hydrogen) atoms. The molecule has 3 N–H and O–H groups in total. The van der Waals surface area contributed by atoms with E-state index >= 15 is 0 Å². The molecule has 2 aromatic rings. The SMILES string of the molecule is COc1cc(C(=O)NC2CCCCC2CN)ccc1OCc1cscn1. The Kier molecular flexibility index (Phi) is 6.46. The van der Waals surface area contributed by atoms with E-state index in [0.29, 0.717) is 36.1 Å². The first-order valence-electron chi connectivity index (χ1n) is 8.90. The Morgan fingerprint density at radius 2 is 2.19 bits per heavy atom. The molecule has 0 spiro atoms. The summed E-state index contributed by atoms with van der Waals surface area (Å²) in [6, 6.07) is 5.38. The maximum atomic E-state index is 12.6. The molecule has 1 aliphatic carbocycles. The van der Waals surface area contributed by atoms with Crippen LogP contribution in [0.4, 0.5) is 0 Å². The fraction of sp³-hybridized carbons (Fsp3) is 0.474. The minimum absolute atomic E-state index is 0.0975. The third-order valence-corrected chi connectivity index (χ3v) is 5.45. The number of rotatable bonds is 7. The molecule has 140 valence electrons. The van der Waals surface area contributed by atoms with Crippen LogP contribution in [-0.4, -0.2) is 30.6 Å². The highest BCUT2D eigenvalue weighted by atomic mass is 32.1. The number of carbonyl (C=O) groups excluding carboxylic acids is 1. The summed E-state index contributed by atoms with van der Waals surface area (Å²) in [6.45, 7) is 0.976. The zero-order chi connectivity index (χ0) is 18.4. The van der Waals surface area contributed by atoms with Crippen LogP contribution in [0.1, 0.15) is 41.7 Å². The number of hydrogen-bond acceptors (Lipinski definition) is 6. The van der Waals surface area contributed by atoms with E-state index in [2.05, 4.69) is 10.3 Å². The quantitative estimate of drug-likeness (QED) is 0.777. The number of ether oxygens (including phenoxy) is 2. The lowest BCUT2D eigenvalue weighted by molar-refractivity contribution is 0.0907. The van der Waals surface area contributed by atoms with Crippen LogP contribution < -0.4 is 20.5 Å². The number of nitrogens with one attached hydrogen (secondary N) is 1. The van der Waals surface area contributed by atoms with Gasteiger partial charge in [0.1, 0.15) is 6.61 Å². The summed E-state index contributed by atoms with van der Waals surface area (Å²) in [7, 11) is 1.57. The average molecular weight is 375 g/mol. The predicted octanol–water partition coefficient (Wildman–Crippen LogP) is 2.98. The minimum atomic E-state index is -0.0975. The summed E-state index contributed by atoms with van der Waals surface area (Å²) >= 11 is 1.53. The van der Waals surface area contributed by atoms with Crippen LogP contribution >= 0.6 is 11.3 Å². The van der Waals surface area contributed by atoms with Gasteiger partial charge in [-0.15, -0.1) is 11.3 Å². The number of hydrogen-bond donors (Lipinski definition) is 2. The minimum Gasteiger partial charge on any atom is -0.493 e. The van der Waals surface area contributed by atoms with E-state index in [0.717, 1.165) is 25.0 Å². The van der Waals surface area contributed by atoms with Crippen molar-refractivity contribution in [1.82, 2.24) is 10.3 Å². The molecule has 2 atom stereocenters. The maximum Gasteiger partial charge on any atom is 0.251 e. The van der Waals surface area contributed by atoms with Crippen LogP contribution in [0, 0.1) is 5.92 Å². The molecular weight excluding hydrogens is 350 g/mol. The number of aromatic nitrogens is 1. The lowest BCUT2D eigenvalue weighted by Gasteiger charge is -2.31. The molecule has 0 bridgehead atoms. The fourth-order valence-electron chi connectivity index (χ4n) is 3.32. The topological polar surface area (TPSA) is 86.5 Å². The van der Waals surface area contributed by atoms with Gasteiger partial charge in [0.05, 0.1) is 18.3 Å². The van der Waals surface area contributed by atoms with Crippen molar-refractivity contribution in [3.05, 3.63) is 40.3 Å². The average Bonchev–Trinajstić information content (AvgIpc) is 3.20. The summed E-state index contributed by atoms with van der Waals surface area (Å²) in [4.78, 5) is 16.8. The molecule has 0 saturated heterocycles. The number of methoxy groups -OCH3 is 1. The number of carbonyl (C=O) groups is 1. The fourth-order valence-corrected chi connectivity index (χ4v) is 3.86. The Hall–Kier alpha value is -2.12. The molecular formula is C19H25N3O3S. The van der Waals surface area contributed by atoms with Crippen molar-refractivity contribution < 1.29 is 14.3 Å². The summed E-state index contributed by atoms with van der Waals surface area (Å²) in [5.41, 5.74) is 9.05. The molecule has 1 heterocycles. The van der Waals surface area contributed by atoms with Gasteiger partial charge in [-0.25, -0.2) is 4.98 Å². The smallest absolute Gasteiger partial charge is 0.251 e. The van der Waals surface area contributed by atoms with Gasteiger partial charge in [0.15, 0.2) is 11.5 Å². The van der Waals surface area contributed by atoms with Gasteiger partial charge in [-0.3, -0.25) is 4.79 Å². The first-order chi connectivity index (χ1) is 12.7. The lowest BCUT2D eigenvalue weighted by atomic mass is 9.84. The van der Waals surface area contributed by atoms with E-state index in [1.165, 1.54) is 17.8 Å². The first kappa shape index (κ1) is 18.7. The lowest BCUT2D eigenvalue weighted by Crippen LogP contribution is -2.44. The third kappa shape index (κ3) is 4.53. The number of nitrogens with two attached hydrogens (primary N) is 1. The highest BCUT2D eigenvalue weighted by molar-refractivity contribution is 7.07. The van der Waals surface area contributed by atoms with E-state index < -0.39 is 0 Å². The van der Waals surface area contributed by atoms with Crippen LogP contribution in [0.3, 0.4) is 0 Å². The molecule has 1 aliphatic rings. The van der Waals surface area contributed by atoms with Gasteiger partial charge in [-0.05, 0) is 43.5 Å². The summed E-state index contributed by atoms with van der Waals surface area (Å²) in [6.07, 6.45) is 4.38. The Morgan fingerprint density at radius 1 is 1.35 bits per heavy atom. The molecule has 7 heteroatoms. The van der Waals surface area contributed by atoms with Gasteiger partial charge >= 0.3 is 0 Å². The van der Waals surface area contributed by atoms with E-state index in [1.807, 2.05) is 5.38 Å². The zero-order valence-corrected chi connectivity index (χ0v) is 15.8. The molecule has 1 fully saturated rings. The summed E-state index contributed by atoms with van der Waals surface area (Å²) < 4.78 is 11.2. The van der Waals surface area contributed by atoms with Crippen LogP contribution in [0.5, 0.6) is 11.5 Å². The van der Waals surface area contributed by atoms with Gasteiger partial charge in [-0.1, -0.05) is 12.8 Å². The van der Waals surface area contributed by atoms with Crippen molar-refractivity contribution in [3.63, 3.8) is 0 Å². The molecule has 6 nitrogen and oxygen atoms in total. The zero-order valence-electron chi connectivity index (χ0n) is 14.9. The number of thiazole rings is 1. The van der Waals surface area contributed by atoms with Crippen molar-refractivity contribution in [2.75, 3.05) is 13.7 Å². The molecule has 2 unspecified atom stereocenters. The largest absolute Gasteiger partial charge is 0.493 e. The van der Waals surface area contributed by atoms with Crippen molar-refractivity contribution in [2.45, 2.75) is 38.3 Å². The van der Waals surface area contributed by atoms with Gasteiger partial charge in [-0.2, -0.15) is 0 Å². The molecule has 0 aliphatic heterocycles. The van der Waals surface area contributed by atoms with Crippen molar-refractivity contribution in [3.8, 4) is 11.5 Å². The number of nitrogens with zero attached hydrogens (tertiary/aromatic N) is 1. The van der Waals surface area contributed by atoms with Crippen LogP contribution in [0.2, 0.25) is 0 Å². The second kappa shape index (κ2) is 9.00. The van der Waals surface area contributed by atoms with Gasteiger partial charge in [0, 0.05) is 17.0 Å². The standard InChI is InChI=1S/C19H25N3O3S/c1-24-18-8-13(6-7-17(18)25-10-15-11-26-12-21-15)19(23)22-16-5-3-2-4-14(16)9-20/h6-8,11-12,14,16H,2-5,9-10,20H2,1H3,(H,22,23). The summed E-state index contributed by atoms with van der Waals surface area (Å²) in [5.74, 6) is 1.39. The van der Waals surface area contributed by atoms with Gasteiger partial charge in [0.2, 0.25) is 0 Å². The monoisotopic (exact) mass is 375 g/mol. The highest BCUT2D eigenvalue weighted by Gasteiger charge is 2.26. The van der Waals surface area contributed by atoms with Gasteiger partial charge in [0.25, 0.3) is 5.91 Å². The van der Waals surface area contributed by atoms with Crippen LogP contribution in [0.25, 0.3) is 0 Å². The summed E-state index contributed by atoms with van der Waals surface area (Å²) in [5, 5.41) is 5.07. The highest BCUT2D eigenvalue weighted by Crippen LogP contribution is 2.29. The van der Waals surface area contributed by atoms with Crippen molar-refractivity contribution in [1.29, 1.82) is 0 Å². The molecule has 1 aromatic heterocycles.